The molecule has 7 heteroatoms. The van der Waals surface area contributed by atoms with Crippen molar-refractivity contribution < 1.29 is 27.5 Å². The molecule has 3 rings (SSSR count). The van der Waals surface area contributed by atoms with E-state index in [1.807, 2.05) is 31.2 Å². The number of ether oxygens (including phenoxy) is 1. The van der Waals surface area contributed by atoms with Crippen molar-refractivity contribution in [1.29, 1.82) is 0 Å². The quantitative estimate of drug-likeness (QED) is 0.771. The maximum atomic E-state index is 12.6. The van der Waals surface area contributed by atoms with Gasteiger partial charge in [-0.15, -0.1) is 13.2 Å². The molecule has 0 radical (unpaired) electrons. The van der Waals surface area contributed by atoms with Crippen molar-refractivity contribution in [2.24, 2.45) is 5.92 Å². The van der Waals surface area contributed by atoms with Crippen LogP contribution >= 0.6 is 0 Å². The van der Waals surface area contributed by atoms with Gasteiger partial charge in [0.25, 0.3) is 0 Å². The summed E-state index contributed by atoms with van der Waals surface area (Å²) < 4.78 is 40.4. The summed E-state index contributed by atoms with van der Waals surface area (Å²) in [6.07, 6.45) is -4.27. The first-order valence-electron chi connectivity index (χ1n) is 8.01. The zero-order valence-corrected chi connectivity index (χ0v) is 13.9. The molecule has 1 fully saturated rings. The number of imide groups is 1. The predicted molar refractivity (Wildman–Crippen MR) is 88.6 cm³/mol. The Hall–Kier alpha value is -2.83. The molecule has 0 spiro atoms. The molecule has 0 bridgehead atoms. The van der Waals surface area contributed by atoms with E-state index in [1.54, 1.807) is 0 Å². The smallest absolute Gasteiger partial charge is 0.406 e. The van der Waals surface area contributed by atoms with Crippen LogP contribution in [-0.4, -0.2) is 18.2 Å². The number of aryl methyl sites for hydroxylation is 1. The largest absolute Gasteiger partial charge is 0.573 e. The molecule has 2 aromatic carbocycles. The average Bonchev–Trinajstić information content (AvgIpc) is 2.81. The Bertz CT molecular complexity index is 831. The highest BCUT2D eigenvalue weighted by Gasteiger charge is 2.39. The van der Waals surface area contributed by atoms with Gasteiger partial charge in [0.1, 0.15) is 5.75 Å². The number of alkyl halides is 3. The van der Waals surface area contributed by atoms with Gasteiger partial charge in [0.05, 0.1) is 11.6 Å². The first-order chi connectivity index (χ1) is 12.2. The van der Waals surface area contributed by atoms with Gasteiger partial charge in [-0.2, -0.15) is 0 Å². The number of nitrogens with zero attached hydrogens (tertiary/aromatic N) is 1. The van der Waals surface area contributed by atoms with Crippen molar-refractivity contribution in [2.75, 3.05) is 4.90 Å². The summed E-state index contributed by atoms with van der Waals surface area (Å²) in [5.41, 5.74) is 2.27. The van der Waals surface area contributed by atoms with Gasteiger partial charge in [-0.3, -0.25) is 14.5 Å². The lowest BCUT2D eigenvalue weighted by molar-refractivity contribution is -0.274. The normalized spacial score (nSPS) is 17.7. The topological polar surface area (TPSA) is 46.6 Å². The number of carbonyl (C=O) groups excluding carboxylic acids is 2. The van der Waals surface area contributed by atoms with Crippen LogP contribution < -0.4 is 9.64 Å². The van der Waals surface area contributed by atoms with E-state index in [1.165, 1.54) is 12.1 Å². The minimum absolute atomic E-state index is 0.0770. The Morgan fingerprint density at radius 3 is 2.42 bits per heavy atom. The second kappa shape index (κ2) is 6.82. The highest BCUT2D eigenvalue weighted by Crippen LogP contribution is 2.31. The molecule has 2 amide bonds. The molecular weight excluding hydrogens is 347 g/mol. The molecular formula is C19H16F3NO3. The highest BCUT2D eigenvalue weighted by molar-refractivity contribution is 6.21. The van der Waals surface area contributed by atoms with E-state index in [2.05, 4.69) is 4.74 Å². The van der Waals surface area contributed by atoms with E-state index >= 15 is 0 Å². The summed E-state index contributed by atoms with van der Waals surface area (Å²) in [6.45, 7) is 1.95. The first kappa shape index (κ1) is 18.0. The molecule has 0 N–H and O–H groups in total. The van der Waals surface area contributed by atoms with Crippen molar-refractivity contribution in [3.05, 3.63) is 59.7 Å². The molecule has 4 nitrogen and oxygen atoms in total. The molecule has 1 aliphatic rings. The lowest BCUT2D eigenvalue weighted by Crippen LogP contribution is -2.30. The first-order valence-corrected chi connectivity index (χ1v) is 8.01. The van der Waals surface area contributed by atoms with Crippen molar-refractivity contribution in [1.82, 2.24) is 0 Å². The van der Waals surface area contributed by atoms with Crippen LogP contribution in [0.5, 0.6) is 5.75 Å². The Kier molecular flexibility index (Phi) is 4.71. The molecule has 2 aromatic rings. The molecule has 1 aliphatic heterocycles. The summed E-state index contributed by atoms with van der Waals surface area (Å²) in [4.78, 5) is 25.9. The SMILES string of the molecule is Cc1cccc(CC2CC(=O)N(c3ccc(OC(F)(F)F)cc3)C2=O)c1. The molecule has 1 unspecified atom stereocenters. The molecule has 0 aromatic heterocycles. The van der Waals surface area contributed by atoms with Gasteiger partial charge >= 0.3 is 6.36 Å². The second-order valence-corrected chi connectivity index (χ2v) is 6.20. The summed E-state index contributed by atoms with van der Waals surface area (Å²) >= 11 is 0. The number of rotatable bonds is 4. The Balaban J connectivity index is 1.74. The van der Waals surface area contributed by atoms with Gasteiger partial charge in [0.2, 0.25) is 11.8 Å². The lowest BCUT2D eigenvalue weighted by atomic mass is 9.97. The Labute approximate surface area is 148 Å². The number of hydrogen-bond acceptors (Lipinski definition) is 3. The average molecular weight is 363 g/mol. The van der Waals surface area contributed by atoms with E-state index in [-0.39, 0.29) is 23.9 Å². The summed E-state index contributed by atoms with van der Waals surface area (Å²) in [7, 11) is 0. The standard InChI is InChI=1S/C19H16F3NO3/c1-12-3-2-4-13(9-12)10-14-11-17(24)23(18(14)25)15-5-7-16(8-6-15)26-19(20,21)22/h2-9,14H,10-11H2,1H3. The minimum Gasteiger partial charge on any atom is -0.406 e. The van der Waals surface area contributed by atoms with Gasteiger partial charge in [-0.1, -0.05) is 29.8 Å². The van der Waals surface area contributed by atoms with Crippen molar-refractivity contribution >= 4 is 17.5 Å². The van der Waals surface area contributed by atoms with E-state index < -0.39 is 18.0 Å². The van der Waals surface area contributed by atoms with Gasteiger partial charge in [0, 0.05) is 6.42 Å². The summed E-state index contributed by atoms with van der Waals surface area (Å²) in [5, 5.41) is 0. The van der Waals surface area contributed by atoms with Crippen LogP contribution in [-0.2, 0) is 16.0 Å². The highest BCUT2D eigenvalue weighted by atomic mass is 19.4. The zero-order valence-electron chi connectivity index (χ0n) is 13.9. The molecule has 0 saturated carbocycles. The summed E-state index contributed by atoms with van der Waals surface area (Å²) in [6, 6.07) is 12.4. The van der Waals surface area contributed by atoms with Crippen LogP contribution in [0.4, 0.5) is 18.9 Å². The van der Waals surface area contributed by atoms with E-state index in [0.29, 0.717) is 6.42 Å². The minimum atomic E-state index is -4.79. The van der Waals surface area contributed by atoms with Gasteiger partial charge in [-0.25, -0.2) is 0 Å². The third-order valence-corrected chi connectivity index (χ3v) is 4.13. The lowest BCUT2D eigenvalue weighted by Gasteiger charge is -2.16. The van der Waals surface area contributed by atoms with Crippen LogP contribution in [0.3, 0.4) is 0 Å². The number of amides is 2. The zero-order chi connectivity index (χ0) is 18.9. The third kappa shape index (κ3) is 4.04. The number of benzene rings is 2. The van der Waals surface area contributed by atoms with E-state index in [9.17, 15) is 22.8 Å². The second-order valence-electron chi connectivity index (χ2n) is 6.20. The molecule has 26 heavy (non-hydrogen) atoms. The molecule has 1 heterocycles. The maximum absolute atomic E-state index is 12.6. The molecule has 0 aliphatic carbocycles. The van der Waals surface area contributed by atoms with Gasteiger partial charge in [0.15, 0.2) is 0 Å². The van der Waals surface area contributed by atoms with E-state index in [0.717, 1.165) is 28.2 Å². The maximum Gasteiger partial charge on any atom is 0.573 e. The number of hydrogen-bond donors (Lipinski definition) is 0. The fraction of sp³-hybridized carbons (Fsp3) is 0.263. The monoisotopic (exact) mass is 363 g/mol. The number of anilines is 1. The number of halogens is 3. The third-order valence-electron chi connectivity index (χ3n) is 4.13. The van der Waals surface area contributed by atoms with E-state index in [4.69, 9.17) is 0 Å². The van der Waals surface area contributed by atoms with Crippen LogP contribution in [0.1, 0.15) is 17.5 Å². The van der Waals surface area contributed by atoms with Crippen molar-refractivity contribution in [3.63, 3.8) is 0 Å². The number of carbonyl (C=O) groups is 2. The summed E-state index contributed by atoms with van der Waals surface area (Å²) in [5.74, 6) is -1.59. The van der Waals surface area contributed by atoms with Crippen LogP contribution in [0.25, 0.3) is 0 Å². The Morgan fingerprint density at radius 2 is 1.81 bits per heavy atom. The fourth-order valence-corrected chi connectivity index (χ4v) is 3.05. The Morgan fingerprint density at radius 1 is 1.12 bits per heavy atom. The molecule has 1 atom stereocenters. The van der Waals surface area contributed by atoms with Crippen molar-refractivity contribution in [2.45, 2.75) is 26.1 Å². The fourth-order valence-electron chi connectivity index (χ4n) is 3.05. The predicted octanol–water partition coefficient (Wildman–Crippen LogP) is 4.02. The molecule has 136 valence electrons. The van der Waals surface area contributed by atoms with Crippen LogP contribution in [0.15, 0.2) is 48.5 Å². The van der Waals surface area contributed by atoms with Crippen LogP contribution in [0.2, 0.25) is 0 Å². The van der Waals surface area contributed by atoms with Crippen molar-refractivity contribution in [3.8, 4) is 5.75 Å². The molecule has 1 saturated heterocycles. The van der Waals surface area contributed by atoms with Gasteiger partial charge < -0.3 is 4.74 Å². The van der Waals surface area contributed by atoms with Crippen LogP contribution in [0, 0.1) is 12.8 Å². The van der Waals surface area contributed by atoms with Gasteiger partial charge in [-0.05, 0) is 43.2 Å².